The molecule has 3 aromatic rings. The average Bonchev–Trinajstić information content (AvgIpc) is 3.26. The third kappa shape index (κ3) is 2.85. The van der Waals surface area contributed by atoms with E-state index in [4.69, 9.17) is 0 Å². The number of aromatic nitrogens is 5. The van der Waals surface area contributed by atoms with Crippen LogP contribution in [-0.2, 0) is 25.9 Å². The molecule has 0 spiro atoms. The van der Waals surface area contributed by atoms with Gasteiger partial charge in [-0.15, -0.1) is 0 Å². The van der Waals surface area contributed by atoms with Gasteiger partial charge in [-0.05, 0) is 18.9 Å². The largest absolute Gasteiger partial charge is 0.348 e. The fraction of sp³-hybridized carbons (Fsp3) is 0.389. The molecule has 0 saturated carbocycles. The zero-order valence-corrected chi connectivity index (χ0v) is 13.9. The first-order chi connectivity index (χ1) is 11.8. The van der Waals surface area contributed by atoms with E-state index >= 15 is 0 Å². The predicted molar refractivity (Wildman–Crippen MR) is 91.3 cm³/mol. The summed E-state index contributed by atoms with van der Waals surface area (Å²) >= 11 is 0. The van der Waals surface area contributed by atoms with E-state index in [1.165, 1.54) is 17.0 Å². The van der Waals surface area contributed by atoms with E-state index in [9.17, 15) is 0 Å². The monoisotopic (exact) mass is 322 g/mol. The summed E-state index contributed by atoms with van der Waals surface area (Å²) in [5.74, 6) is 1.02. The van der Waals surface area contributed by atoms with E-state index in [1.54, 1.807) is 6.33 Å². The normalized spacial score (nSPS) is 17.8. The van der Waals surface area contributed by atoms with E-state index in [0.29, 0.717) is 0 Å². The number of fused-ring (bicyclic) bond motifs is 1. The summed E-state index contributed by atoms with van der Waals surface area (Å²) in [6, 6.07) is 10.9. The van der Waals surface area contributed by atoms with Crippen molar-refractivity contribution in [3.63, 3.8) is 0 Å². The maximum absolute atomic E-state index is 4.62. The number of aromatic amines is 1. The van der Waals surface area contributed by atoms with Crippen LogP contribution in [0.25, 0.3) is 0 Å². The van der Waals surface area contributed by atoms with Gasteiger partial charge in [0, 0.05) is 25.2 Å². The molecular formula is C18H22N6. The topological polar surface area (TPSA) is 62.6 Å². The van der Waals surface area contributed by atoms with Crippen molar-refractivity contribution in [3.8, 4) is 0 Å². The van der Waals surface area contributed by atoms with E-state index < -0.39 is 0 Å². The molecule has 24 heavy (non-hydrogen) atoms. The maximum Gasteiger partial charge on any atom is 0.141 e. The Labute approximate surface area is 141 Å². The van der Waals surface area contributed by atoms with Crippen LogP contribution in [0.3, 0.4) is 0 Å². The van der Waals surface area contributed by atoms with Crippen molar-refractivity contribution in [1.29, 1.82) is 0 Å². The summed E-state index contributed by atoms with van der Waals surface area (Å²) in [7, 11) is 0. The molecule has 2 aromatic heterocycles. The smallest absolute Gasteiger partial charge is 0.141 e. The van der Waals surface area contributed by atoms with Crippen LogP contribution >= 0.6 is 0 Å². The SMILES string of the molecule is CCn1ncnc1CN1CCc2[nH]cnc2[C@@H]1Cc1ccccc1. The number of nitrogens with one attached hydrogen (secondary N) is 1. The van der Waals surface area contributed by atoms with Crippen LogP contribution in [0.4, 0.5) is 0 Å². The van der Waals surface area contributed by atoms with Crippen molar-refractivity contribution in [1.82, 2.24) is 29.6 Å². The van der Waals surface area contributed by atoms with Crippen LogP contribution in [0.5, 0.6) is 0 Å². The summed E-state index contributed by atoms with van der Waals surface area (Å²) in [6.07, 6.45) is 5.43. The van der Waals surface area contributed by atoms with Gasteiger partial charge in [0.25, 0.3) is 0 Å². The maximum atomic E-state index is 4.62. The first-order valence-corrected chi connectivity index (χ1v) is 8.52. The first-order valence-electron chi connectivity index (χ1n) is 8.52. The minimum atomic E-state index is 0.268. The molecule has 0 amide bonds. The second-order valence-electron chi connectivity index (χ2n) is 6.18. The highest BCUT2D eigenvalue weighted by Crippen LogP contribution is 2.31. The van der Waals surface area contributed by atoms with Gasteiger partial charge >= 0.3 is 0 Å². The van der Waals surface area contributed by atoms with Crippen molar-refractivity contribution in [2.75, 3.05) is 6.54 Å². The first kappa shape index (κ1) is 15.1. The van der Waals surface area contributed by atoms with E-state index in [2.05, 4.69) is 62.2 Å². The highest BCUT2D eigenvalue weighted by atomic mass is 15.3. The van der Waals surface area contributed by atoms with Crippen LogP contribution in [-0.4, -0.2) is 36.2 Å². The predicted octanol–water partition coefficient (Wildman–Crippen LogP) is 2.36. The second kappa shape index (κ2) is 6.57. The lowest BCUT2D eigenvalue weighted by molar-refractivity contribution is 0.163. The fourth-order valence-electron chi connectivity index (χ4n) is 3.51. The Bertz CT molecular complexity index is 791. The molecule has 6 heteroatoms. The van der Waals surface area contributed by atoms with Crippen LogP contribution in [0.15, 0.2) is 43.0 Å². The van der Waals surface area contributed by atoms with Gasteiger partial charge in [0.2, 0.25) is 0 Å². The van der Waals surface area contributed by atoms with Gasteiger partial charge in [-0.1, -0.05) is 30.3 Å². The number of aryl methyl sites for hydroxylation is 1. The second-order valence-corrected chi connectivity index (χ2v) is 6.18. The number of imidazole rings is 1. The van der Waals surface area contributed by atoms with E-state index in [0.717, 1.165) is 38.3 Å². The minimum Gasteiger partial charge on any atom is -0.348 e. The average molecular weight is 322 g/mol. The molecule has 124 valence electrons. The number of nitrogens with zero attached hydrogens (tertiary/aromatic N) is 5. The van der Waals surface area contributed by atoms with Crippen molar-refractivity contribution >= 4 is 0 Å². The molecule has 0 aliphatic carbocycles. The highest BCUT2D eigenvalue weighted by Gasteiger charge is 2.30. The molecule has 0 saturated heterocycles. The van der Waals surface area contributed by atoms with Crippen molar-refractivity contribution < 1.29 is 0 Å². The summed E-state index contributed by atoms with van der Waals surface area (Å²) in [5, 5.41) is 4.30. The van der Waals surface area contributed by atoms with E-state index in [1.807, 2.05) is 11.0 Å². The molecule has 3 heterocycles. The van der Waals surface area contributed by atoms with Crippen LogP contribution in [0, 0.1) is 0 Å². The fourth-order valence-corrected chi connectivity index (χ4v) is 3.51. The molecule has 0 unspecified atom stereocenters. The lowest BCUT2D eigenvalue weighted by Crippen LogP contribution is -2.37. The number of hydrogen-bond donors (Lipinski definition) is 1. The Morgan fingerprint density at radius 3 is 2.92 bits per heavy atom. The summed E-state index contributed by atoms with van der Waals surface area (Å²) in [4.78, 5) is 14.8. The molecule has 1 atom stereocenters. The molecular weight excluding hydrogens is 300 g/mol. The van der Waals surface area contributed by atoms with Crippen LogP contribution in [0.2, 0.25) is 0 Å². The Hall–Kier alpha value is -2.47. The van der Waals surface area contributed by atoms with Crippen molar-refractivity contribution in [2.45, 2.75) is 38.9 Å². The molecule has 0 bridgehead atoms. The molecule has 1 N–H and O–H groups in total. The van der Waals surface area contributed by atoms with Crippen molar-refractivity contribution in [2.24, 2.45) is 0 Å². The molecule has 4 rings (SSSR count). The third-order valence-electron chi connectivity index (χ3n) is 4.77. The van der Waals surface area contributed by atoms with E-state index in [-0.39, 0.29) is 6.04 Å². The summed E-state index contributed by atoms with van der Waals surface area (Å²) < 4.78 is 1.97. The quantitative estimate of drug-likeness (QED) is 0.783. The molecule has 1 aliphatic heterocycles. The molecule has 0 radical (unpaired) electrons. The summed E-state index contributed by atoms with van der Waals surface area (Å²) in [6.45, 7) is 4.75. The zero-order valence-electron chi connectivity index (χ0n) is 13.9. The zero-order chi connectivity index (χ0) is 16.4. The van der Waals surface area contributed by atoms with Crippen molar-refractivity contribution in [3.05, 3.63) is 65.8 Å². The van der Waals surface area contributed by atoms with Crippen LogP contribution < -0.4 is 0 Å². The Morgan fingerprint density at radius 2 is 2.08 bits per heavy atom. The molecule has 1 aromatic carbocycles. The number of hydrogen-bond acceptors (Lipinski definition) is 4. The van der Waals surface area contributed by atoms with Gasteiger partial charge in [-0.2, -0.15) is 5.10 Å². The van der Waals surface area contributed by atoms with Gasteiger partial charge in [0.1, 0.15) is 12.2 Å². The molecule has 1 aliphatic rings. The lowest BCUT2D eigenvalue weighted by atomic mass is 9.96. The Balaban J connectivity index is 1.62. The minimum absolute atomic E-state index is 0.268. The number of H-pyrrole nitrogens is 1. The van der Waals surface area contributed by atoms with Gasteiger partial charge < -0.3 is 4.98 Å². The number of benzene rings is 1. The van der Waals surface area contributed by atoms with Gasteiger partial charge in [0.15, 0.2) is 0 Å². The van der Waals surface area contributed by atoms with Gasteiger partial charge in [0.05, 0.1) is 24.6 Å². The van der Waals surface area contributed by atoms with Gasteiger partial charge in [-0.25, -0.2) is 14.6 Å². The van der Waals surface area contributed by atoms with Crippen LogP contribution in [0.1, 0.15) is 35.7 Å². The lowest BCUT2D eigenvalue weighted by Gasteiger charge is -2.34. The molecule has 6 nitrogen and oxygen atoms in total. The summed E-state index contributed by atoms with van der Waals surface area (Å²) in [5.41, 5.74) is 3.78. The Morgan fingerprint density at radius 1 is 1.21 bits per heavy atom. The standard InChI is InChI=1S/C18H22N6/c1-2-24-17(20-13-22-24)11-23-9-8-15-18(21-12-19-15)16(23)10-14-6-4-3-5-7-14/h3-7,12-13,16H,2,8-11H2,1H3,(H,19,21)/t16-/m0/s1. The van der Waals surface area contributed by atoms with Gasteiger partial charge in [-0.3, -0.25) is 4.90 Å². The highest BCUT2D eigenvalue weighted by molar-refractivity contribution is 5.24. The Kier molecular flexibility index (Phi) is 4.13. The molecule has 0 fully saturated rings. The number of rotatable bonds is 5. The third-order valence-corrected chi connectivity index (χ3v) is 4.77.